The third kappa shape index (κ3) is 2.32. The van der Waals surface area contributed by atoms with Crippen LogP contribution < -0.4 is 10.1 Å². The van der Waals surface area contributed by atoms with E-state index in [1.807, 2.05) is 24.3 Å². The van der Waals surface area contributed by atoms with Crippen LogP contribution in [0.15, 0.2) is 24.3 Å². The number of thiophene rings is 1. The fourth-order valence-corrected chi connectivity index (χ4v) is 4.63. The van der Waals surface area contributed by atoms with Crippen molar-refractivity contribution in [2.45, 2.75) is 25.7 Å². The molecule has 7 nitrogen and oxygen atoms in total. The van der Waals surface area contributed by atoms with Gasteiger partial charge in [0.1, 0.15) is 10.6 Å². The number of hydrogen-bond donors (Lipinski definition) is 1. The van der Waals surface area contributed by atoms with Crippen LogP contribution in [0.1, 0.15) is 23.3 Å². The standard InChI is InChI=1S/C17H16N6OS/c1-24-11-8-6-10(7-9-11)18-17-19-16-14(15-20-21-22-23(15)17)12-4-2-3-5-13(12)25-16/h6-9H,2-5H2,1H3,(H,18,19). The molecule has 126 valence electrons. The molecule has 0 spiro atoms. The number of rotatable bonds is 3. The van der Waals surface area contributed by atoms with Crippen molar-refractivity contribution in [3.05, 3.63) is 34.7 Å². The minimum absolute atomic E-state index is 0.622. The number of fused-ring (bicyclic) bond motifs is 5. The second-order valence-corrected chi connectivity index (χ2v) is 7.18. The number of aryl methyl sites for hydroxylation is 2. The van der Waals surface area contributed by atoms with Crippen LogP contribution in [0, 0.1) is 0 Å². The van der Waals surface area contributed by atoms with E-state index < -0.39 is 0 Å². The molecule has 3 aromatic heterocycles. The van der Waals surface area contributed by atoms with Crippen molar-refractivity contribution in [2.75, 3.05) is 12.4 Å². The Hall–Kier alpha value is -2.74. The lowest BCUT2D eigenvalue weighted by atomic mass is 9.97. The molecular weight excluding hydrogens is 336 g/mol. The third-order valence-electron chi connectivity index (χ3n) is 4.60. The Kier molecular flexibility index (Phi) is 3.30. The van der Waals surface area contributed by atoms with E-state index in [1.54, 1.807) is 23.0 Å². The normalized spacial score (nSPS) is 14.0. The van der Waals surface area contributed by atoms with Gasteiger partial charge in [-0.05, 0) is 65.9 Å². The van der Waals surface area contributed by atoms with Crippen molar-refractivity contribution < 1.29 is 4.74 Å². The molecule has 25 heavy (non-hydrogen) atoms. The number of nitrogens with one attached hydrogen (secondary N) is 1. The van der Waals surface area contributed by atoms with E-state index in [9.17, 15) is 0 Å². The molecule has 0 saturated carbocycles. The summed E-state index contributed by atoms with van der Waals surface area (Å²) >= 11 is 1.77. The molecule has 1 N–H and O–H groups in total. The van der Waals surface area contributed by atoms with Crippen LogP contribution in [-0.2, 0) is 12.8 Å². The number of hydrogen-bond acceptors (Lipinski definition) is 7. The maximum Gasteiger partial charge on any atom is 0.233 e. The predicted molar refractivity (Wildman–Crippen MR) is 96.9 cm³/mol. The van der Waals surface area contributed by atoms with E-state index >= 15 is 0 Å². The summed E-state index contributed by atoms with van der Waals surface area (Å²) in [7, 11) is 1.65. The molecule has 1 aliphatic rings. The van der Waals surface area contributed by atoms with E-state index in [-0.39, 0.29) is 0 Å². The van der Waals surface area contributed by atoms with Gasteiger partial charge in [-0.3, -0.25) is 0 Å². The molecular formula is C17H16N6OS. The second kappa shape index (κ2) is 5.66. The maximum absolute atomic E-state index is 5.20. The molecule has 0 radical (unpaired) electrons. The fraction of sp³-hybridized carbons (Fsp3) is 0.294. The summed E-state index contributed by atoms with van der Waals surface area (Å²) < 4.78 is 6.89. The van der Waals surface area contributed by atoms with Crippen molar-refractivity contribution in [3.63, 3.8) is 0 Å². The van der Waals surface area contributed by atoms with Gasteiger partial charge in [-0.25, -0.2) is 4.98 Å². The Morgan fingerprint density at radius 1 is 1.16 bits per heavy atom. The van der Waals surface area contributed by atoms with Crippen LogP contribution in [0.25, 0.3) is 15.9 Å². The van der Waals surface area contributed by atoms with Gasteiger partial charge in [-0.1, -0.05) is 0 Å². The quantitative estimate of drug-likeness (QED) is 0.609. The highest BCUT2D eigenvalue weighted by atomic mass is 32.1. The monoisotopic (exact) mass is 352 g/mol. The van der Waals surface area contributed by atoms with Gasteiger partial charge in [-0.15, -0.1) is 16.4 Å². The highest BCUT2D eigenvalue weighted by Crippen LogP contribution is 2.38. The second-order valence-electron chi connectivity index (χ2n) is 6.09. The summed E-state index contributed by atoms with van der Waals surface area (Å²) in [5.74, 6) is 1.43. The van der Waals surface area contributed by atoms with Gasteiger partial charge in [0.05, 0.1) is 12.5 Å². The minimum Gasteiger partial charge on any atom is -0.497 e. The topological polar surface area (TPSA) is 77.2 Å². The van der Waals surface area contributed by atoms with Gasteiger partial charge in [0.25, 0.3) is 0 Å². The number of anilines is 2. The summed E-state index contributed by atoms with van der Waals surface area (Å²) in [6, 6.07) is 7.70. The van der Waals surface area contributed by atoms with Crippen LogP contribution in [-0.4, -0.2) is 32.1 Å². The van der Waals surface area contributed by atoms with Crippen molar-refractivity contribution >= 4 is 38.8 Å². The molecule has 0 fully saturated rings. The first kappa shape index (κ1) is 14.6. The van der Waals surface area contributed by atoms with Crippen molar-refractivity contribution in [3.8, 4) is 5.75 Å². The van der Waals surface area contributed by atoms with Gasteiger partial charge in [0.2, 0.25) is 5.95 Å². The molecule has 0 aliphatic heterocycles. The average Bonchev–Trinajstić information content (AvgIpc) is 3.26. The zero-order valence-electron chi connectivity index (χ0n) is 13.7. The lowest BCUT2D eigenvalue weighted by Gasteiger charge is -2.10. The summed E-state index contributed by atoms with van der Waals surface area (Å²) in [4.78, 5) is 7.25. The predicted octanol–water partition coefficient (Wildman–Crippen LogP) is 3.37. The van der Waals surface area contributed by atoms with Gasteiger partial charge >= 0.3 is 0 Å². The van der Waals surface area contributed by atoms with Crippen molar-refractivity contribution in [1.82, 2.24) is 25.0 Å². The van der Waals surface area contributed by atoms with Crippen LogP contribution in [0.4, 0.5) is 11.6 Å². The highest BCUT2D eigenvalue weighted by Gasteiger charge is 2.22. The Morgan fingerprint density at radius 2 is 2.00 bits per heavy atom. The molecule has 5 rings (SSSR count). The van der Waals surface area contributed by atoms with E-state index in [2.05, 4.69) is 20.8 Å². The number of nitrogens with zero attached hydrogens (tertiary/aromatic N) is 5. The van der Waals surface area contributed by atoms with E-state index in [1.165, 1.54) is 23.3 Å². The largest absolute Gasteiger partial charge is 0.497 e. The van der Waals surface area contributed by atoms with Crippen LogP contribution in [0.5, 0.6) is 5.75 Å². The Bertz CT molecular complexity index is 1070. The summed E-state index contributed by atoms with van der Waals surface area (Å²) in [6.07, 6.45) is 4.69. The fourth-order valence-electron chi connectivity index (χ4n) is 3.37. The zero-order chi connectivity index (χ0) is 16.8. The Labute approximate surface area is 147 Å². The maximum atomic E-state index is 5.20. The lowest BCUT2D eigenvalue weighted by molar-refractivity contribution is 0.415. The first-order valence-electron chi connectivity index (χ1n) is 8.27. The number of benzene rings is 1. The first-order valence-corrected chi connectivity index (χ1v) is 9.08. The summed E-state index contributed by atoms with van der Waals surface area (Å²) in [5.41, 5.74) is 3.07. The summed E-state index contributed by atoms with van der Waals surface area (Å²) in [6.45, 7) is 0. The zero-order valence-corrected chi connectivity index (χ0v) is 14.5. The molecule has 0 atom stereocenters. The third-order valence-corrected chi connectivity index (χ3v) is 5.79. The Balaban J connectivity index is 1.65. The molecule has 0 amide bonds. The number of aromatic nitrogens is 5. The molecule has 0 unspecified atom stereocenters. The average molecular weight is 352 g/mol. The first-order chi connectivity index (χ1) is 12.3. The molecule has 4 aromatic rings. The molecule has 1 aromatic carbocycles. The van der Waals surface area contributed by atoms with E-state index in [0.717, 1.165) is 40.1 Å². The minimum atomic E-state index is 0.622. The molecule has 0 bridgehead atoms. The summed E-state index contributed by atoms with van der Waals surface area (Å²) in [5, 5.41) is 16.7. The van der Waals surface area contributed by atoms with E-state index in [0.29, 0.717) is 5.95 Å². The lowest BCUT2D eigenvalue weighted by Crippen LogP contribution is -2.04. The van der Waals surface area contributed by atoms with Crippen molar-refractivity contribution in [2.24, 2.45) is 0 Å². The van der Waals surface area contributed by atoms with Gasteiger partial charge in [-0.2, -0.15) is 4.52 Å². The number of tetrazole rings is 1. The van der Waals surface area contributed by atoms with Gasteiger partial charge in [0.15, 0.2) is 5.65 Å². The number of methoxy groups -OCH3 is 1. The molecule has 8 heteroatoms. The van der Waals surface area contributed by atoms with Crippen LogP contribution in [0.2, 0.25) is 0 Å². The van der Waals surface area contributed by atoms with E-state index in [4.69, 9.17) is 9.72 Å². The van der Waals surface area contributed by atoms with Gasteiger partial charge < -0.3 is 10.1 Å². The van der Waals surface area contributed by atoms with Crippen LogP contribution in [0.3, 0.4) is 0 Å². The van der Waals surface area contributed by atoms with Gasteiger partial charge in [0, 0.05) is 10.6 Å². The smallest absolute Gasteiger partial charge is 0.233 e. The molecule has 3 heterocycles. The highest BCUT2D eigenvalue weighted by molar-refractivity contribution is 7.19. The molecule has 0 saturated heterocycles. The Morgan fingerprint density at radius 3 is 2.84 bits per heavy atom. The van der Waals surface area contributed by atoms with Crippen molar-refractivity contribution in [1.29, 1.82) is 0 Å². The molecule has 1 aliphatic carbocycles. The SMILES string of the molecule is COc1ccc(Nc2nc3sc4c(c3c3nnnn23)CCCC4)cc1. The van der Waals surface area contributed by atoms with Crippen LogP contribution >= 0.6 is 11.3 Å². The number of ether oxygens (including phenoxy) is 1.